The topological polar surface area (TPSA) is 29.5 Å². The molecule has 0 saturated heterocycles. The molecule has 14 heavy (non-hydrogen) atoms. The Labute approximate surface area is 83.5 Å². The van der Waals surface area contributed by atoms with E-state index in [1.54, 1.807) is 0 Å². The Morgan fingerprint density at radius 2 is 2.21 bits per heavy atom. The van der Waals surface area contributed by atoms with Crippen LogP contribution >= 0.6 is 0 Å². The summed E-state index contributed by atoms with van der Waals surface area (Å²) in [6.45, 7) is 1.33. The summed E-state index contributed by atoms with van der Waals surface area (Å²) in [5, 5.41) is 9.67. The quantitative estimate of drug-likeness (QED) is 0.717. The first kappa shape index (κ1) is 9.26. The van der Waals surface area contributed by atoms with Crippen molar-refractivity contribution in [3.63, 3.8) is 0 Å². The average molecular weight is 188 g/mol. The molecule has 0 amide bonds. The Morgan fingerprint density at radius 1 is 1.43 bits per heavy atom. The third-order valence-electron chi connectivity index (χ3n) is 2.44. The fourth-order valence-corrected chi connectivity index (χ4v) is 1.63. The van der Waals surface area contributed by atoms with Crippen LogP contribution < -0.4 is 0 Å². The van der Waals surface area contributed by atoms with Crippen molar-refractivity contribution in [1.82, 2.24) is 0 Å². The van der Waals surface area contributed by atoms with Gasteiger partial charge in [0.1, 0.15) is 0 Å². The number of aliphatic hydroxyl groups is 1. The van der Waals surface area contributed by atoms with E-state index in [1.165, 1.54) is 11.1 Å². The first-order valence-electron chi connectivity index (χ1n) is 4.62. The van der Waals surface area contributed by atoms with Gasteiger partial charge in [0.25, 0.3) is 0 Å². The van der Waals surface area contributed by atoms with Crippen molar-refractivity contribution in [1.29, 1.82) is 0 Å². The summed E-state index contributed by atoms with van der Waals surface area (Å²) in [6.07, 6.45) is 4.96. The summed E-state index contributed by atoms with van der Waals surface area (Å²) >= 11 is 0. The van der Waals surface area contributed by atoms with Crippen molar-refractivity contribution in [2.24, 2.45) is 0 Å². The van der Waals surface area contributed by atoms with Crippen LogP contribution in [0.25, 0.3) is 0 Å². The maximum Gasteiger partial charge on any atom is 0.0899 e. The highest BCUT2D eigenvalue weighted by atomic mass is 16.5. The summed E-state index contributed by atoms with van der Waals surface area (Å²) in [6, 6.07) is 5.89. The summed E-state index contributed by atoms with van der Waals surface area (Å²) in [5.74, 6) is 2.45. The Morgan fingerprint density at radius 3 is 3.00 bits per heavy atom. The second kappa shape index (κ2) is 3.83. The van der Waals surface area contributed by atoms with E-state index >= 15 is 0 Å². The molecule has 2 rings (SSSR count). The Kier molecular flexibility index (Phi) is 2.53. The number of aliphatic hydroxyl groups excluding tert-OH is 1. The minimum absolute atomic E-state index is 0.361. The zero-order chi connectivity index (χ0) is 9.97. The van der Waals surface area contributed by atoms with E-state index in [2.05, 4.69) is 5.92 Å². The molecule has 0 fully saturated rings. The first-order chi connectivity index (χ1) is 6.81. The molecule has 1 heterocycles. The van der Waals surface area contributed by atoms with Gasteiger partial charge in [-0.2, -0.15) is 0 Å². The van der Waals surface area contributed by atoms with Gasteiger partial charge < -0.3 is 9.84 Å². The van der Waals surface area contributed by atoms with E-state index in [1.807, 2.05) is 18.2 Å². The Balaban J connectivity index is 2.25. The Hall–Kier alpha value is -1.30. The van der Waals surface area contributed by atoms with E-state index in [0.29, 0.717) is 19.6 Å². The standard InChI is InChI=1S/C12H12O2/c1-2-3-12(13)9-4-5-10-7-14-8-11(10)6-9/h1,4-6,12-13H,3,7-8H2. The summed E-state index contributed by atoms with van der Waals surface area (Å²) in [7, 11) is 0. The van der Waals surface area contributed by atoms with E-state index in [4.69, 9.17) is 11.2 Å². The van der Waals surface area contributed by atoms with Crippen LogP contribution in [-0.4, -0.2) is 5.11 Å². The lowest BCUT2D eigenvalue weighted by Crippen LogP contribution is -1.97. The molecular formula is C12H12O2. The molecule has 0 bridgehead atoms. The number of fused-ring (bicyclic) bond motifs is 1. The Bertz CT molecular complexity index is 376. The van der Waals surface area contributed by atoms with Crippen molar-refractivity contribution in [3.05, 3.63) is 34.9 Å². The molecule has 1 atom stereocenters. The van der Waals surface area contributed by atoms with Crippen molar-refractivity contribution in [2.75, 3.05) is 0 Å². The summed E-state index contributed by atoms with van der Waals surface area (Å²) in [4.78, 5) is 0. The van der Waals surface area contributed by atoms with Crippen LogP contribution in [0.5, 0.6) is 0 Å². The zero-order valence-corrected chi connectivity index (χ0v) is 7.86. The molecular weight excluding hydrogens is 176 g/mol. The lowest BCUT2D eigenvalue weighted by atomic mass is 10.0. The molecule has 1 unspecified atom stereocenters. The van der Waals surface area contributed by atoms with Gasteiger partial charge in [-0.1, -0.05) is 18.2 Å². The molecule has 0 radical (unpaired) electrons. The lowest BCUT2D eigenvalue weighted by molar-refractivity contribution is 0.134. The molecule has 1 aromatic rings. The zero-order valence-electron chi connectivity index (χ0n) is 7.86. The molecule has 1 N–H and O–H groups in total. The van der Waals surface area contributed by atoms with Gasteiger partial charge in [-0.3, -0.25) is 0 Å². The van der Waals surface area contributed by atoms with Gasteiger partial charge >= 0.3 is 0 Å². The van der Waals surface area contributed by atoms with Crippen molar-refractivity contribution < 1.29 is 9.84 Å². The minimum atomic E-state index is -0.550. The minimum Gasteiger partial charge on any atom is -0.387 e. The highest BCUT2D eigenvalue weighted by Crippen LogP contribution is 2.24. The molecule has 0 aliphatic carbocycles. The van der Waals surface area contributed by atoms with Crippen LogP contribution in [0.1, 0.15) is 29.2 Å². The van der Waals surface area contributed by atoms with Gasteiger partial charge in [-0.05, 0) is 16.7 Å². The van der Waals surface area contributed by atoms with Gasteiger partial charge in [-0.15, -0.1) is 12.3 Å². The SMILES string of the molecule is C#CCC(O)c1ccc2c(c1)COC2. The monoisotopic (exact) mass is 188 g/mol. The van der Waals surface area contributed by atoms with Gasteiger partial charge in [-0.25, -0.2) is 0 Å². The molecule has 0 spiro atoms. The van der Waals surface area contributed by atoms with Crippen LogP contribution in [0.2, 0.25) is 0 Å². The molecule has 2 heteroatoms. The molecule has 72 valence electrons. The maximum atomic E-state index is 9.67. The fourth-order valence-electron chi connectivity index (χ4n) is 1.63. The number of ether oxygens (including phenoxy) is 1. The van der Waals surface area contributed by atoms with E-state index in [-0.39, 0.29) is 0 Å². The van der Waals surface area contributed by atoms with Gasteiger partial charge in [0.05, 0.1) is 19.3 Å². The van der Waals surface area contributed by atoms with Gasteiger partial charge in [0, 0.05) is 6.42 Å². The second-order valence-corrected chi connectivity index (χ2v) is 3.44. The van der Waals surface area contributed by atoms with Gasteiger partial charge in [0.2, 0.25) is 0 Å². The predicted molar refractivity (Wildman–Crippen MR) is 53.3 cm³/mol. The van der Waals surface area contributed by atoms with Gasteiger partial charge in [0.15, 0.2) is 0 Å². The third-order valence-corrected chi connectivity index (χ3v) is 2.44. The second-order valence-electron chi connectivity index (χ2n) is 3.44. The van der Waals surface area contributed by atoms with Crippen molar-refractivity contribution >= 4 is 0 Å². The first-order valence-corrected chi connectivity index (χ1v) is 4.62. The maximum absolute atomic E-state index is 9.67. The average Bonchev–Trinajstić information content (AvgIpc) is 2.64. The largest absolute Gasteiger partial charge is 0.387 e. The fraction of sp³-hybridized carbons (Fsp3) is 0.333. The third kappa shape index (κ3) is 1.65. The van der Waals surface area contributed by atoms with Crippen LogP contribution in [0, 0.1) is 12.3 Å². The van der Waals surface area contributed by atoms with E-state index < -0.39 is 6.10 Å². The number of rotatable bonds is 2. The van der Waals surface area contributed by atoms with Crippen LogP contribution in [0.4, 0.5) is 0 Å². The molecule has 1 aliphatic heterocycles. The number of hydrogen-bond donors (Lipinski definition) is 1. The predicted octanol–water partition coefficient (Wildman–Crippen LogP) is 1.77. The van der Waals surface area contributed by atoms with Crippen LogP contribution in [-0.2, 0) is 18.0 Å². The number of terminal acetylenes is 1. The highest BCUT2D eigenvalue weighted by Gasteiger charge is 2.13. The van der Waals surface area contributed by atoms with Crippen molar-refractivity contribution in [2.45, 2.75) is 25.7 Å². The van der Waals surface area contributed by atoms with E-state index in [9.17, 15) is 5.11 Å². The smallest absolute Gasteiger partial charge is 0.0899 e. The van der Waals surface area contributed by atoms with Crippen molar-refractivity contribution in [3.8, 4) is 12.3 Å². The number of benzene rings is 1. The number of hydrogen-bond acceptors (Lipinski definition) is 2. The molecule has 0 aromatic heterocycles. The summed E-state index contributed by atoms with van der Waals surface area (Å²) in [5.41, 5.74) is 3.26. The molecule has 1 aliphatic rings. The summed E-state index contributed by atoms with van der Waals surface area (Å²) < 4.78 is 5.29. The van der Waals surface area contributed by atoms with Crippen LogP contribution in [0.15, 0.2) is 18.2 Å². The molecule has 1 aromatic carbocycles. The van der Waals surface area contributed by atoms with Crippen LogP contribution in [0.3, 0.4) is 0 Å². The molecule has 2 nitrogen and oxygen atoms in total. The normalized spacial score (nSPS) is 16.0. The lowest BCUT2D eigenvalue weighted by Gasteiger charge is -2.08. The molecule has 0 saturated carbocycles. The van der Waals surface area contributed by atoms with E-state index in [0.717, 1.165) is 5.56 Å². The highest BCUT2D eigenvalue weighted by molar-refractivity contribution is 5.34.